The molecule has 0 aromatic heterocycles. The summed E-state index contributed by atoms with van der Waals surface area (Å²) in [5.74, 6) is 0.850. The Morgan fingerprint density at radius 2 is 2.17 bits per heavy atom. The molecule has 0 saturated carbocycles. The summed E-state index contributed by atoms with van der Waals surface area (Å²) < 4.78 is 5.41. The zero-order valence-electron chi connectivity index (χ0n) is 11.4. The molecule has 1 aromatic rings. The van der Waals surface area contributed by atoms with Crippen molar-refractivity contribution < 1.29 is 9.53 Å². The van der Waals surface area contributed by atoms with Crippen LogP contribution in [0.2, 0.25) is 0 Å². The number of urea groups is 1. The Bertz CT molecular complexity index is 459. The van der Waals surface area contributed by atoms with E-state index in [-0.39, 0.29) is 12.1 Å². The molecule has 0 bridgehead atoms. The molecule has 0 N–H and O–H groups in total. The van der Waals surface area contributed by atoms with Crippen molar-refractivity contribution in [3.8, 4) is 5.75 Å². The molecule has 4 heteroatoms. The smallest absolute Gasteiger partial charge is 0.320 e. The standard InChI is InChI=1S/C14H20N2O2/c1-5-16-9-12(15(3)14(16)17)11-8-10(2)6-7-13(11)18-4/h6-8,12H,5,9H2,1-4H3. The molecule has 4 nitrogen and oxygen atoms in total. The van der Waals surface area contributed by atoms with Crippen LogP contribution in [0.1, 0.15) is 24.1 Å². The van der Waals surface area contributed by atoms with E-state index < -0.39 is 0 Å². The largest absolute Gasteiger partial charge is 0.496 e. The van der Waals surface area contributed by atoms with Crippen LogP contribution in [0.25, 0.3) is 0 Å². The zero-order valence-corrected chi connectivity index (χ0v) is 11.4. The molecule has 1 heterocycles. The van der Waals surface area contributed by atoms with E-state index in [1.165, 1.54) is 5.56 Å². The number of amides is 2. The monoisotopic (exact) mass is 248 g/mol. The van der Waals surface area contributed by atoms with Crippen molar-refractivity contribution in [2.45, 2.75) is 19.9 Å². The number of nitrogens with zero attached hydrogens (tertiary/aromatic N) is 2. The maximum absolute atomic E-state index is 12.0. The highest BCUT2D eigenvalue weighted by molar-refractivity contribution is 5.77. The van der Waals surface area contributed by atoms with Crippen molar-refractivity contribution in [3.63, 3.8) is 0 Å². The van der Waals surface area contributed by atoms with Crippen molar-refractivity contribution in [3.05, 3.63) is 29.3 Å². The molecule has 1 aliphatic rings. The predicted molar refractivity (Wildman–Crippen MR) is 70.9 cm³/mol. The van der Waals surface area contributed by atoms with Crippen molar-refractivity contribution in [1.29, 1.82) is 0 Å². The van der Waals surface area contributed by atoms with Gasteiger partial charge in [0.25, 0.3) is 0 Å². The number of benzene rings is 1. The predicted octanol–water partition coefficient (Wildman–Crippen LogP) is 2.43. The third-order valence-electron chi connectivity index (χ3n) is 3.56. The molecule has 0 radical (unpaired) electrons. The van der Waals surface area contributed by atoms with Gasteiger partial charge >= 0.3 is 6.03 Å². The van der Waals surface area contributed by atoms with Crippen LogP contribution in [0.4, 0.5) is 4.79 Å². The minimum atomic E-state index is 0.0762. The third-order valence-corrected chi connectivity index (χ3v) is 3.56. The fraction of sp³-hybridized carbons (Fsp3) is 0.500. The molecule has 0 aliphatic carbocycles. The highest BCUT2D eigenvalue weighted by Crippen LogP contribution is 2.34. The summed E-state index contributed by atoms with van der Waals surface area (Å²) >= 11 is 0. The topological polar surface area (TPSA) is 32.8 Å². The average molecular weight is 248 g/mol. The molecular weight excluding hydrogens is 228 g/mol. The lowest BCUT2D eigenvalue weighted by atomic mass is 10.0. The quantitative estimate of drug-likeness (QED) is 0.823. The number of hydrogen-bond donors (Lipinski definition) is 0. The Balaban J connectivity index is 2.37. The Labute approximate surface area is 108 Å². The lowest BCUT2D eigenvalue weighted by Gasteiger charge is -2.20. The molecule has 2 amide bonds. The highest BCUT2D eigenvalue weighted by Gasteiger charge is 2.35. The van der Waals surface area contributed by atoms with Gasteiger partial charge in [-0.15, -0.1) is 0 Å². The Kier molecular flexibility index (Phi) is 3.45. The van der Waals surface area contributed by atoms with E-state index in [0.29, 0.717) is 0 Å². The van der Waals surface area contributed by atoms with Crippen LogP contribution in [0, 0.1) is 6.92 Å². The van der Waals surface area contributed by atoms with Gasteiger partial charge in [0, 0.05) is 25.7 Å². The first-order chi connectivity index (χ1) is 8.58. The van der Waals surface area contributed by atoms with E-state index in [1.54, 1.807) is 12.0 Å². The van der Waals surface area contributed by atoms with E-state index >= 15 is 0 Å². The van der Waals surface area contributed by atoms with Crippen molar-refractivity contribution in [2.75, 3.05) is 27.2 Å². The molecular formula is C14H20N2O2. The molecule has 1 unspecified atom stereocenters. The molecule has 1 aromatic carbocycles. The number of likely N-dealkylation sites (N-methyl/N-ethyl adjacent to an activating group) is 2. The van der Waals surface area contributed by atoms with Crippen LogP contribution >= 0.6 is 0 Å². The van der Waals surface area contributed by atoms with Gasteiger partial charge < -0.3 is 14.5 Å². The maximum Gasteiger partial charge on any atom is 0.320 e. The molecule has 1 atom stereocenters. The SMILES string of the molecule is CCN1CC(c2cc(C)ccc2OC)N(C)C1=O. The number of hydrogen-bond acceptors (Lipinski definition) is 2. The van der Waals surface area contributed by atoms with Crippen LogP contribution in [-0.2, 0) is 0 Å². The molecule has 98 valence electrons. The zero-order chi connectivity index (χ0) is 13.3. The van der Waals surface area contributed by atoms with Crippen LogP contribution in [-0.4, -0.2) is 43.1 Å². The molecule has 1 aliphatic heterocycles. The molecule has 18 heavy (non-hydrogen) atoms. The van der Waals surface area contributed by atoms with Crippen molar-refractivity contribution in [1.82, 2.24) is 9.80 Å². The number of carbonyl (C=O) groups excluding carboxylic acids is 1. The summed E-state index contributed by atoms with van der Waals surface area (Å²) in [5.41, 5.74) is 2.27. The summed E-state index contributed by atoms with van der Waals surface area (Å²) in [5, 5.41) is 0. The van der Waals surface area contributed by atoms with Crippen molar-refractivity contribution >= 4 is 6.03 Å². The first-order valence-corrected chi connectivity index (χ1v) is 6.24. The van der Waals surface area contributed by atoms with Gasteiger partial charge in [0.1, 0.15) is 5.75 Å². The highest BCUT2D eigenvalue weighted by atomic mass is 16.5. The first-order valence-electron chi connectivity index (χ1n) is 6.24. The second-order valence-corrected chi connectivity index (χ2v) is 4.69. The Morgan fingerprint density at radius 3 is 2.72 bits per heavy atom. The second kappa shape index (κ2) is 4.88. The Morgan fingerprint density at radius 1 is 1.44 bits per heavy atom. The summed E-state index contributed by atoms with van der Waals surface area (Å²) in [4.78, 5) is 15.7. The molecule has 1 saturated heterocycles. The fourth-order valence-electron chi connectivity index (χ4n) is 2.45. The number of ether oxygens (including phenoxy) is 1. The van der Waals surface area contributed by atoms with Crippen LogP contribution < -0.4 is 4.74 Å². The van der Waals surface area contributed by atoms with Gasteiger partial charge in [-0.25, -0.2) is 4.79 Å². The number of methoxy groups -OCH3 is 1. The summed E-state index contributed by atoms with van der Waals surface area (Å²) in [7, 11) is 3.52. The van der Waals surface area contributed by atoms with Gasteiger partial charge in [0.2, 0.25) is 0 Å². The van der Waals surface area contributed by atoms with E-state index in [0.717, 1.165) is 24.4 Å². The van der Waals surface area contributed by atoms with Gasteiger partial charge in [0.05, 0.1) is 13.2 Å². The van der Waals surface area contributed by atoms with Gasteiger partial charge in [-0.1, -0.05) is 17.7 Å². The van der Waals surface area contributed by atoms with Crippen LogP contribution in [0.3, 0.4) is 0 Å². The maximum atomic E-state index is 12.0. The van der Waals surface area contributed by atoms with Crippen molar-refractivity contribution in [2.24, 2.45) is 0 Å². The summed E-state index contributed by atoms with van der Waals surface area (Å²) in [6.45, 7) is 5.53. The van der Waals surface area contributed by atoms with E-state index in [2.05, 4.69) is 13.0 Å². The van der Waals surface area contributed by atoms with Gasteiger partial charge in [-0.3, -0.25) is 0 Å². The summed E-state index contributed by atoms with van der Waals surface area (Å²) in [6, 6.07) is 6.26. The lowest BCUT2D eigenvalue weighted by molar-refractivity contribution is 0.197. The normalized spacial score (nSPS) is 19.6. The van der Waals surface area contributed by atoms with E-state index in [9.17, 15) is 4.79 Å². The van der Waals surface area contributed by atoms with E-state index in [1.807, 2.05) is 31.0 Å². The summed E-state index contributed by atoms with van der Waals surface area (Å²) in [6.07, 6.45) is 0. The second-order valence-electron chi connectivity index (χ2n) is 4.69. The Hall–Kier alpha value is -1.71. The number of aryl methyl sites for hydroxylation is 1. The minimum absolute atomic E-state index is 0.0762. The van der Waals surface area contributed by atoms with Gasteiger partial charge in [-0.2, -0.15) is 0 Å². The average Bonchev–Trinajstić information content (AvgIpc) is 2.66. The van der Waals surface area contributed by atoms with E-state index in [4.69, 9.17) is 4.74 Å². The number of carbonyl (C=O) groups is 1. The first kappa shape index (κ1) is 12.7. The van der Waals surface area contributed by atoms with Crippen LogP contribution in [0.5, 0.6) is 5.75 Å². The minimum Gasteiger partial charge on any atom is -0.496 e. The fourth-order valence-corrected chi connectivity index (χ4v) is 2.45. The lowest BCUT2D eigenvalue weighted by Crippen LogP contribution is -2.29. The van der Waals surface area contributed by atoms with Gasteiger partial charge in [0.15, 0.2) is 0 Å². The third kappa shape index (κ3) is 2.03. The molecule has 1 fully saturated rings. The van der Waals surface area contributed by atoms with Crippen LogP contribution in [0.15, 0.2) is 18.2 Å². The molecule has 2 rings (SSSR count). The number of rotatable bonds is 3. The molecule has 0 spiro atoms. The van der Waals surface area contributed by atoms with Gasteiger partial charge in [-0.05, 0) is 19.9 Å².